The lowest BCUT2D eigenvalue weighted by atomic mass is 10.0. The molecule has 0 spiro atoms. The minimum atomic E-state index is -0.658. The summed E-state index contributed by atoms with van der Waals surface area (Å²) in [6.07, 6.45) is -1.09. The summed E-state index contributed by atoms with van der Waals surface area (Å²) in [4.78, 5) is 0. The predicted molar refractivity (Wildman–Crippen MR) is 107 cm³/mol. The Kier molecular flexibility index (Phi) is 9.07. The summed E-state index contributed by atoms with van der Waals surface area (Å²) in [6, 6.07) is 3.94. The number of halogens is 5. The molecule has 22 heavy (non-hydrogen) atoms. The fourth-order valence-corrected chi connectivity index (χ4v) is 5.86. The summed E-state index contributed by atoms with van der Waals surface area (Å²) in [6.45, 7) is 3.85. The van der Waals surface area contributed by atoms with Crippen LogP contribution in [0.5, 0.6) is 0 Å². The van der Waals surface area contributed by atoms with Crippen LogP contribution in [0, 0.1) is 0 Å². The molecule has 0 aliphatic heterocycles. The van der Waals surface area contributed by atoms with Gasteiger partial charge in [-0.3, -0.25) is 0 Å². The first-order valence-corrected chi connectivity index (χ1v) is 10.4. The summed E-state index contributed by atoms with van der Waals surface area (Å²) in [7, 11) is 1.63. The maximum absolute atomic E-state index is 9.38. The van der Waals surface area contributed by atoms with Gasteiger partial charge in [0.25, 0.3) is 0 Å². The first-order chi connectivity index (χ1) is 10.1. The highest BCUT2D eigenvalue weighted by Crippen LogP contribution is 2.49. The minimum absolute atomic E-state index is 0.243. The van der Waals surface area contributed by atoms with Crippen LogP contribution >= 0.6 is 79.6 Å². The van der Waals surface area contributed by atoms with Gasteiger partial charge >= 0.3 is 0 Å². The average Bonchev–Trinajstić information content (AvgIpc) is 2.42. The summed E-state index contributed by atoms with van der Waals surface area (Å²) < 4.78 is 13.4. The molecule has 0 aromatic heterocycles. The molecular formula is C14H17Br5O3. The second-order valence-corrected chi connectivity index (χ2v) is 10.9. The Bertz CT molecular complexity index is 507. The van der Waals surface area contributed by atoms with E-state index in [0.29, 0.717) is 0 Å². The number of aliphatic hydroxyl groups excluding tert-OH is 1. The maximum Gasteiger partial charge on any atom is 0.135 e. The number of hydrogen-bond donors (Lipinski definition) is 1. The average molecular weight is 633 g/mol. The molecule has 0 bridgehead atoms. The van der Waals surface area contributed by atoms with Crippen LogP contribution in [0.15, 0.2) is 25.6 Å². The molecule has 0 saturated carbocycles. The van der Waals surface area contributed by atoms with Crippen LogP contribution in [-0.4, -0.2) is 37.1 Å². The molecule has 0 heterocycles. The zero-order valence-corrected chi connectivity index (χ0v) is 20.2. The van der Waals surface area contributed by atoms with Crippen LogP contribution < -0.4 is 0 Å². The fourth-order valence-electron chi connectivity index (χ4n) is 1.95. The first kappa shape index (κ1) is 21.5. The number of ether oxygens (including phenoxy) is 2. The molecule has 1 aromatic carbocycles. The molecule has 0 saturated heterocycles. The lowest BCUT2D eigenvalue weighted by Crippen LogP contribution is -2.41. The van der Waals surface area contributed by atoms with Crippen molar-refractivity contribution in [2.45, 2.75) is 35.4 Å². The summed E-state index contributed by atoms with van der Waals surface area (Å²) >= 11 is 18.1. The zero-order valence-electron chi connectivity index (χ0n) is 12.2. The van der Waals surface area contributed by atoms with E-state index in [1.165, 1.54) is 0 Å². The van der Waals surface area contributed by atoms with Gasteiger partial charge in [-0.25, -0.2) is 0 Å². The van der Waals surface area contributed by atoms with Crippen molar-refractivity contribution in [3.63, 3.8) is 0 Å². The van der Waals surface area contributed by atoms with Crippen molar-refractivity contribution in [2.24, 2.45) is 0 Å². The lowest BCUT2D eigenvalue weighted by Gasteiger charge is -2.35. The molecule has 1 rings (SSSR count). The Hall–Kier alpha value is 1.50. The van der Waals surface area contributed by atoms with E-state index in [1.54, 1.807) is 14.0 Å². The van der Waals surface area contributed by atoms with Crippen LogP contribution in [0.4, 0.5) is 0 Å². The molecule has 0 aliphatic rings. The quantitative estimate of drug-likeness (QED) is 0.309. The second-order valence-electron chi connectivity index (χ2n) is 4.89. The first-order valence-electron chi connectivity index (χ1n) is 6.47. The van der Waals surface area contributed by atoms with E-state index in [-0.39, 0.29) is 18.8 Å². The van der Waals surface area contributed by atoms with Crippen molar-refractivity contribution in [2.75, 3.05) is 13.7 Å². The smallest absolute Gasteiger partial charge is 0.135 e. The van der Waals surface area contributed by atoms with Crippen molar-refractivity contribution >= 4 is 79.6 Å². The largest absolute Gasteiger partial charge is 0.391 e. The normalized spacial score (nSPS) is 16.4. The van der Waals surface area contributed by atoms with E-state index >= 15 is 0 Å². The summed E-state index contributed by atoms with van der Waals surface area (Å²) in [5.74, 6) is 0. The lowest BCUT2D eigenvalue weighted by molar-refractivity contribution is -0.0712. The second kappa shape index (κ2) is 9.27. The molecule has 3 unspecified atom stereocenters. The predicted octanol–water partition coefficient (Wildman–Crippen LogP) is 5.72. The van der Waals surface area contributed by atoms with Crippen LogP contribution in [0.25, 0.3) is 0 Å². The summed E-state index contributed by atoms with van der Waals surface area (Å²) in [5.41, 5.74) is 0.960. The van der Waals surface area contributed by atoms with Gasteiger partial charge in [0.05, 0.1) is 18.8 Å². The molecule has 1 N–H and O–H groups in total. The molecule has 0 aliphatic carbocycles. The Morgan fingerprint density at radius 3 is 2.23 bits per heavy atom. The van der Waals surface area contributed by atoms with Crippen molar-refractivity contribution < 1.29 is 14.6 Å². The highest BCUT2D eigenvalue weighted by molar-refractivity contribution is 9.25. The topological polar surface area (TPSA) is 38.7 Å². The standard InChI is InChI=1S/C14H17Br5O3/c1-7(20)6-22-8(2)13(21-3)14(18,19)9-4-5-10(15)12(17)11(9)16/h4-5,7-8,13,20H,6H2,1-3H3. The number of alkyl halides is 2. The van der Waals surface area contributed by atoms with Gasteiger partial charge in [0.2, 0.25) is 0 Å². The van der Waals surface area contributed by atoms with Gasteiger partial charge in [-0.15, -0.1) is 0 Å². The van der Waals surface area contributed by atoms with Gasteiger partial charge in [-0.1, -0.05) is 37.9 Å². The van der Waals surface area contributed by atoms with Gasteiger partial charge in [-0.05, 0) is 73.3 Å². The number of hydrogen-bond acceptors (Lipinski definition) is 3. The fraction of sp³-hybridized carbons (Fsp3) is 0.571. The third-order valence-corrected chi connectivity index (χ3v) is 8.16. The van der Waals surface area contributed by atoms with Crippen LogP contribution in [0.3, 0.4) is 0 Å². The van der Waals surface area contributed by atoms with Crippen LogP contribution in [0.2, 0.25) is 0 Å². The van der Waals surface area contributed by atoms with Crippen molar-refractivity contribution in [1.82, 2.24) is 0 Å². The highest BCUT2D eigenvalue weighted by Gasteiger charge is 2.41. The van der Waals surface area contributed by atoms with Crippen molar-refractivity contribution in [1.29, 1.82) is 0 Å². The molecule has 3 nitrogen and oxygen atoms in total. The number of methoxy groups -OCH3 is 1. The van der Waals surface area contributed by atoms with Gasteiger partial charge in [0.15, 0.2) is 0 Å². The molecular weight excluding hydrogens is 616 g/mol. The minimum Gasteiger partial charge on any atom is -0.391 e. The zero-order chi connectivity index (χ0) is 17.1. The molecule has 126 valence electrons. The number of rotatable bonds is 7. The van der Waals surface area contributed by atoms with E-state index in [9.17, 15) is 5.11 Å². The van der Waals surface area contributed by atoms with Gasteiger partial charge in [-0.2, -0.15) is 0 Å². The number of aliphatic hydroxyl groups is 1. The number of benzene rings is 1. The SMILES string of the molecule is COC(C(C)OCC(C)O)C(Br)(Br)c1ccc(Br)c(Br)c1Br. The molecule has 0 amide bonds. The molecule has 3 atom stereocenters. The molecule has 8 heteroatoms. The van der Waals surface area contributed by atoms with Crippen molar-refractivity contribution in [3.8, 4) is 0 Å². The van der Waals surface area contributed by atoms with Gasteiger partial charge < -0.3 is 14.6 Å². The van der Waals surface area contributed by atoms with Crippen LogP contribution in [0.1, 0.15) is 19.4 Å². The summed E-state index contributed by atoms with van der Waals surface area (Å²) in [5, 5.41) is 9.38. The maximum atomic E-state index is 9.38. The van der Waals surface area contributed by atoms with Crippen LogP contribution in [-0.2, 0) is 12.7 Å². The Labute approximate surface area is 173 Å². The van der Waals surface area contributed by atoms with E-state index in [1.807, 2.05) is 19.1 Å². The van der Waals surface area contributed by atoms with E-state index in [4.69, 9.17) is 9.47 Å². The van der Waals surface area contributed by atoms with E-state index in [0.717, 1.165) is 19.0 Å². The third kappa shape index (κ3) is 5.25. The Balaban J connectivity index is 3.11. The van der Waals surface area contributed by atoms with Crippen molar-refractivity contribution in [3.05, 3.63) is 31.1 Å². The third-order valence-electron chi connectivity index (χ3n) is 3.03. The molecule has 1 aromatic rings. The Morgan fingerprint density at radius 1 is 1.14 bits per heavy atom. The highest BCUT2D eigenvalue weighted by atomic mass is 79.9. The Morgan fingerprint density at radius 2 is 1.73 bits per heavy atom. The van der Waals surface area contributed by atoms with E-state index in [2.05, 4.69) is 79.6 Å². The van der Waals surface area contributed by atoms with Gasteiger partial charge in [0, 0.05) is 20.5 Å². The van der Waals surface area contributed by atoms with Gasteiger partial charge in [0.1, 0.15) is 9.34 Å². The molecule has 0 radical (unpaired) electrons. The monoisotopic (exact) mass is 628 g/mol. The molecule has 0 fully saturated rings. The van der Waals surface area contributed by atoms with E-state index < -0.39 is 9.34 Å².